The highest BCUT2D eigenvalue weighted by Crippen LogP contribution is 2.42. The van der Waals surface area contributed by atoms with E-state index in [0.29, 0.717) is 17.0 Å². The lowest BCUT2D eigenvalue weighted by molar-refractivity contribution is -0.384. The lowest BCUT2D eigenvalue weighted by Crippen LogP contribution is -2.68. The zero-order chi connectivity index (χ0) is 19.7. The number of rotatable bonds is 6. The van der Waals surface area contributed by atoms with E-state index >= 15 is 0 Å². The van der Waals surface area contributed by atoms with E-state index in [1.165, 1.54) is 17.0 Å². The maximum absolute atomic E-state index is 12.6. The summed E-state index contributed by atoms with van der Waals surface area (Å²) in [6.07, 6.45) is 0. The summed E-state index contributed by atoms with van der Waals surface area (Å²) >= 11 is 1.64. The maximum Gasteiger partial charge on any atom is 0.355 e. The van der Waals surface area contributed by atoms with Gasteiger partial charge in [0.2, 0.25) is 5.91 Å². The third kappa shape index (κ3) is 4.00. The van der Waals surface area contributed by atoms with Crippen molar-refractivity contribution in [2.24, 2.45) is 0 Å². The Morgan fingerprint density at radius 2 is 2.07 bits per heavy atom. The second-order valence-electron chi connectivity index (χ2n) is 6.54. The van der Waals surface area contributed by atoms with Crippen LogP contribution in [-0.4, -0.2) is 52.2 Å². The summed E-state index contributed by atoms with van der Waals surface area (Å²) in [6, 6.07) is 5.56. The summed E-state index contributed by atoms with van der Waals surface area (Å²) in [7, 11) is -0.430. The van der Waals surface area contributed by atoms with Gasteiger partial charge in [-0.1, -0.05) is 0 Å². The van der Waals surface area contributed by atoms with Crippen LogP contribution in [-0.2, 0) is 20.9 Å². The molecule has 2 atom stereocenters. The van der Waals surface area contributed by atoms with E-state index in [2.05, 4.69) is 5.09 Å². The highest BCUT2D eigenvalue weighted by molar-refractivity contribution is 8.00. The highest BCUT2D eigenvalue weighted by atomic mass is 32.2. The molecule has 0 aliphatic carbocycles. The number of nitro benzene ring substituents is 1. The normalized spacial score (nSPS) is 21.8. The van der Waals surface area contributed by atoms with Crippen LogP contribution in [0.3, 0.4) is 0 Å². The average molecular weight is 409 g/mol. The molecule has 1 N–H and O–H groups in total. The van der Waals surface area contributed by atoms with Crippen LogP contribution in [0.15, 0.2) is 35.5 Å². The number of nitro groups is 1. The molecule has 2 aliphatic rings. The molecule has 2 heterocycles. The Hall–Kier alpha value is -1.96. The Labute approximate surface area is 162 Å². The number of hydrogen-bond acceptors (Lipinski definition) is 7. The Morgan fingerprint density at radius 1 is 1.41 bits per heavy atom. The van der Waals surface area contributed by atoms with E-state index < -0.39 is 19.0 Å². The largest absolute Gasteiger partial charge is 0.456 e. The summed E-state index contributed by atoms with van der Waals surface area (Å²) in [6.45, 7) is 5.90. The number of non-ortho nitro benzene ring substituents is 1. The van der Waals surface area contributed by atoms with Crippen molar-refractivity contribution in [2.45, 2.75) is 24.9 Å². The number of fused-ring (bicyclic) bond motifs is 1. The first-order chi connectivity index (χ1) is 12.8. The molecule has 2 aliphatic heterocycles. The Kier molecular flexibility index (Phi) is 5.83. The quantitative estimate of drug-likeness (QED) is 0.253. The minimum Gasteiger partial charge on any atom is -0.456 e. The van der Waals surface area contributed by atoms with Crippen LogP contribution >= 0.6 is 19.8 Å². The number of β-lactam (4-membered cyclic amide) rings is 1. The molecular formula is C17H20N3O5PS. The van der Waals surface area contributed by atoms with Crippen LogP contribution in [0.5, 0.6) is 0 Å². The van der Waals surface area contributed by atoms with Crippen LogP contribution < -0.4 is 5.09 Å². The standard InChI is InChI=1S/C17H20N3O5PS/c1-10-9-27-16-13(18-26(2)3)15(21)19(16)14(10)17(22)25-8-11-4-6-12(7-5-11)20(23)24/h4-7,13,16,18H,8-9H2,1-3H3/t13-,16+/m1/s1. The molecule has 0 unspecified atom stereocenters. The second kappa shape index (κ2) is 7.96. The lowest BCUT2D eigenvalue weighted by Gasteiger charge is -2.50. The van der Waals surface area contributed by atoms with Gasteiger partial charge in [0.1, 0.15) is 23.7 Å². The van der Waals surface area contributed by atoms with Gasteiger partial charge in [-0.15, -0.1) is 11.8 Å². The fourth-order valence-electron chi connectivity index (χ4n) is 2.96. The number of esters is 1. The van der Waals surface area contributed by atoms with Crippen molar-refractivity contribution in [1.82, 2.24) is 9.99 Å². The van der Waals surface area contributed by atoms with Gasteiger partial charge in [0.05, 0.1) is 4.92 Å². The van der Waals surface area contributed by atoms with Crippen LogP contribution in [0.25, 0.3) is 0 Å². The maximum atomic E-state index is 12.6. The molecule has 0 saturated carbocycles. The third-order valence-corrected chi connectivity index (χ3v) is 6.49. The number of benzene rings is 1. The van der Waals surface area contributed by atoms with E-state index in [1.807, 2.05) is 20.3 Å². The summed E-state index contributed by atoms with van der Waals surface area (Å²) in [5, 5.41) is 13.9. The molecule has 1 fully saturated rings. The number of hydrogen-bond donors (Lipinski definition) is 1. The monoisotopic (exact) mass is 409 g/mol. The first-order valence-electron chi connectivity index (χ1n) is 8.28. The molecule has 27 heavy (non-hydrogen) atoms. The zero-order valence-corrected chi connectivity index (χ0v) is 16.9. The van der Waals surface area contributed by atoms with Gasteiger partial charge in [0, 0.05) is 17.9 Å². The highest BCUT2D eigenvalue weighted by Gasteiger charge is 2.53. The predicted molar refractivity (Wildman–Crippen MR) is 104 cm³/mol. The van der Waals surface area contributed by atoms with Crippen molar-refractivity contribution in [1.29, 1.82) is 0 Å². The SMILES string of the molecule is CC1=C(C(=O)OCc2ccc([N+](=O)[O-])cc2)N2C(=O)[C@@H](NP(C)C)[C@@H]2SC1. The van der Waals surface area contributed by atoms with E-state index in [1.54, 1.807) is 23.9 Å². The lowest BCUT2D eigenvalue weighted by atomic mass is 10.0. The molecule has 1 saturated heterocycles. The Morgan fingerprint density at radius 3 is 2.67 bits per heavy atom. The van der Waals surface area contributed by atoms with Crippen molar-refractivity contribution in [3.63, 3.8) is 0 Å². The number of nitrogens with zero attached hydrogens (tertiary/aromatic N) is 2. The summed E-state index contributed by atoms with van der Waals surface area (Å²) < 4.78 is 5.37. The predicted octanol–water partition coefficient (Wildman–Crippen LogP) is 2.44. The van der Waals surface area contributed by atoms with Crippen molar-refractivity contribution in [2.75, 3.05) is 19.1 Å². The molecular weight excluding hydrogens is 389 g/mol. The van der Waals surface area contributed by atoms with E-state index in [9.17, 15) is 19.7 Å². The summed E-state index contributed by atoms with van der Waals surface area (Å²) in [5.74, 6) is 0.0168. The van der Waals surface area contributed by atoms with Gasteiger partial charge in [-0.05, 0) is 51.6 Å². The minimum absolute atomic E-state index is 0.00958. The number of thioether (sulfide) groups is 1. The number of carbonyl (C=O) groups is 2. The Bertz CT molecular complexity index is 811. The molecule has 144 valence electrons. The number of amides is 1. The molecule has 1 amide bonds. The smallest absolute Gasteiger partial charge is 0.355 e. The zero-order valence-electron chi connectivity index (χ0n) is 15.2. The first-order valence-corrected chi connectivity index (χ1v) is 11.6. The van der Waals surface area contributed by atoms with E-state index in [0.717, 1.165) is 5.57 Å². The van der Waals surface area contributed by atoms with Gasteiger partial charge in [-0.2, -0.15) is 0 Å². The number of carbonyl (C=O) groups excluding carboxylic acids is 2. The molecule has 0 bridgehead atoms. The van der Waals surface area contributed by atoms with E-state index in [-0.39, 0.29) is 29.6 Å². The fraction of sp³-hybridized carbons (Fsp3) is 0.412. The molecule has 1 aromatic rings. The minimum atomic E-state index is -0.543. The molecule has 1 aromatic carbocycles. The van der Waals surface area contributed by atoms with Gasteiger partial charge in [-0.25, -0.2) is 4.79 Å². The van der Waals surface area contributed by atoms with E-state index in [4.69, 9.17) is 4.74 Å². The van der Waals surface area contributed by atoms with Crippen molar-refractivity contribution in [3.8, 4) is 0 Å². The topological polar surface area (TPSA) is 102 Å². The van der Waals surface area contributed by atoms with Crippen LogP contribution in [0, 0.1) is 10.1 Å². The van der Waals surface area contributed by atoms with Crippen molar-refractivity contribution < 1.29 is 19.2 Å². The third-order valence-electron chi connectivity index (χ3n) is 4.27. The molecule has 8 nitrogen and oxygen atoms in total. The number of ether oxygens (including phenoxy) is 1. The van der Waals surface area contributed by atoms with Crippen molar-refractivity contribution >= 4 is 37.4 Å². The summed E-state index contributed by atoms with van der Waals surface area (Å²) in [5.41, 5.74) is 1.76. The van der Waals surface area contributed by atoms with Gasteiger partial charge >= 0.3 is 5.97 Å². The van der Waals surface area contributed by atoms with Gasteiger partial charge in [0.25, 0.3) is 5.69 Å². The van der Waals surface area contributed by atoms with Gasteiger partial charge < -0.3 is 4.74 Å². The van der Waals surface area contributed by atoms with Gasteiger partial charge in [-0.3, -0.25) is 24.9 Å². The average Bonchev–Trinajstić information content (AvgIpc) is 2.64. The molecule has 0 aromatic heterocycles. The van der Waals surface area contributed by atoms with Crippen LogP contribution in [0.1, 0.15) is 12.5 Å². The number of nitrogens with one attached hydrogen (secondary N) is 1. The molecule has 3 rings (SSSR count). The Balaban J connectivity index is 1.67. The van der Waals surface area contributed by atoms with Crippen LogP contribution in [0.4, 0.5) is 5.69 Å². The molecule has 0 spiro atoms. The summed E-state index contributed by atoms with van der Waals surface area (Å²) in [4.78, 5) is 36.9. The fourth-order valence-corrected chi connectivity index (χ4v) is 5.16. The van der Waals surface area contributed by atoms with Crippen molar-refractivity contribution in [3.05, 3.63) is 51.2 Å². The molecule has 0 radical (unpaired) electrons. The second-order valence-corrected chi connectivity index (χ2v) is 9.69. The van der Waals surface area contributed by atoms with Crippen LogP contribution in [0.2, 0.25) is 0 Å². The van der Waals surface area contributed by atoms with Gasteiger partial charge in [0.15, 0.2) is 0 Å². The molecule has 10 heteroatoms. The first kappa shape index (κ1) is 19.8.